The van der Waals surface area contributed by atoms with Crippen molar-refractivity contribution in [2.75, 3.05) is 0 Å². The van der Waals surface area contributed by atoms with Gasteiger partial charge in [-0.25, -0.2) is 4.79 Å². The molecule has 7 aromatic carbocycles. The number of rotatable bonds is 0. The van der Waals surface area contributed by atoms with Crippen molar-refractivity contribution in [1.29, 1.82) is 0 Å². The Labute approximate surface area is 304 Å². The zero-order valence-electron chi connectivity index (χ0n) is 28.2. The Bertz CT molecular complexity index is 2600. The lowest BCUT2D eigenvalue weighted by molar-refractivity contribution is 0.0224. The van der Waals surface area contributed by atoms with Gasteiger partial charge in [-0.1, -0.05) is 103 Å². The standard InChI is InChI=1S/C20H12O5.2C13H9N/c21-11-5-7-15-17(9-11)24-18-10-12(22)6-8-16(18)20(15)14-4-2-1-3-13(14)19(23)25-20;2*1-2-6-11-10(5-1)9-14-13-8-4-3-7-12(11)13/h1-10,21-22H;2*1-9H. The van der Waals surface area contributed by atoms with E-state index in [-0.39, 0.29) is 11.5 Å². The van der Waals surface area contributed by atoms with E-state index in [1.54, 1.807) is 24.3 Å². The highest BCUT2D eigenvalue weighted by Crippen LogP contribution is 2.56. The van der Waals surface area contributed by atoms with Crippen LogP contribution in [0.4, 0.5) is 0 Å². The van der Waals surface area contributed by atoms with Crippen LogP contribution in [0.15, 0.2) is 170 Å². The second-order valence-electron chi connectivity index (χ2n) is 12.8. The van der Waals surface area contributed by atoms with Crippen LogP contribution in [-0.2, 0) is 10.3 Å². The fourth-order valence-corrected chi connectivity index (χ4v) is 7.27. The van der Waals surface area contributed by atoms with Crippen molar-refractivity contribution in [3.63, 3.8) is 0 Å². The van der Waals surface area contributed by atoms with Crippen LogP contribution < -0.4 is 4.74 Å². The molecule has 0 atom stereocenters. The first-order valence-electron chi connectivity index (χ1n) is 17.1. The SMILES string of the molecule is O=C1OC2(c3ccc(O)cc3Oc3cc(O)ccc32)c2ccccc21.c1ccc2c(c1)cnc1ccccc12.c1ccc2c(c1)cnc1ccccc12. The van der Waals surface area contributed by atoms with E-state index in [4.69, 9.17) is 9.47 Å². The van der Waals surface area contributed by atoms with Gasteiger partial charge in [0.15, 0.2) is 5.60 Å². The van der Waals surface area contributed by atoms with Crippen molar-refractivity contribution in [3.05, 3.63) is 192 Å². The number of ether oxygens (including phenoxy) is 2. The molecule has 9 aromatic rings. The van der Waals surface area contributed by atoms with E-state index >= 15 is 0 Å². The van der Waals surface area contributed by atoms with Crippen LogP contribution in [-0.4, -0.2) is 26.2 Å². The summed E-state index contributed by atoms with van der Waals surface area (Å²) in [6, 6.07) is 49.7. The first-order valence-corrected chi connectivity index (χ1v) is 17.1. The molecule has 0 amide bonds. The van der Waals surface area contributed by atoms with Gasteiger partial charge >= 0.3 is 5.97 Å². The largest absolute Gasteiger partial charge is 0.508 e. The van der Waals surface area contributed by atoms with E-state index < -0.39 is 11.6 Å². The first kappa shape index (κ1) is 31.7. The Hall–Kier alpha value is -7.25. The number of aromatic nitrogens is 2. The zero-order chi connectivity index (χ0) is 35.9. The number of nitrogens with zero attached hydrogens (tertiary/aromatic N) is 2. The summed E-state index contributed by atoms with van der Waals surface area (Å²) in [7, 11) is 0. The predicted molar refractivity (Wildman–Crippen MR) is 207 cm³/mol. The van der Waals surface area contributed by atoms with Gasteiger partial charge in [0, 0.05) is 62.8 Å². The van der Waals surface area contributed by atoms with Crippen LogP contribution in [0.25, 0.3) is 43.4 Å². The number of phenols is 2. The minimum Gasteiger partial charge on any atom is -0.508 e. The van der Waals surface area contributed by atoms with Crippen molar-refractivity contribution in [2.24, 2.45) is 0 Å². The molecule has 0 radical (unpaired) electrons. The average Bonchev–Trinajstić information content (AvgIpc) is 3.50. The zero-order valence-corrected chi connectivity index (χ0v) is 28.2. The van der Waals surface area contributed by atoms with E-state index in [0.29, 0.717) is 33.8 Å². The van der Waals surface area contributed by atoms with Crippen molar-refractivity contribution in [1.82, 2.24) is 9.97 Å². The number of carbonyl (C=O) groups excluding carboxylic acids is 1. The van der Waals surface area contributed by atoms with Crippen molar-refractivity contribution in [2.45, 2.75) is 5.60 Å². The fraction of sp³-hybridized carbons (Fsp3) is 0.0217. The molecule has 2 aromatic heterocycles. The third-order valence-electron chi connectivity index (χ3n) is 9.68. The van der Waals surface area contributed by atoms with Gasteiger partial charge in [-0.3, -0.25) is 9.97 Å². The summed E-state index contributed by atoms with van der Waals surface area (Å²) < 4.78 is 11.8. The molecule has 11 rings (SSSR count). The van der Waals surface area contributed by atoms with Crippen molar-refractivity contribution >= 4 is 49.3 Å². The molecule has 2 aliphatic heterocycles. The summed E-state index contributed by atoms with van der Waals surface area (Å²) in [6.45, 7) is 0. The Morgan fingerprint density at radius 3 is 1.47 bits per heavy atom. The molecule has 2 N–H and O–H groups in total. The summed E-state index contributed by atoms with van der Waals surface area (Å²) in [5, 5.41) is 27.1. The minimum absolute atomic E-state index is 0.0371. The third-order valence-corrected chi connectivity index (χ3v) is 9.68. The summed E-state index contributed by atoms with van der Waals surface area (Å²) in [5.74, 6) is 0.408. The molecule has 2 aliphatic rings. The molecule has 0 aliphatic carbocycles. The molecule has 53 heavy (non-hydrogen) atoms. The van der Waals surface area contributed by atoms with Crippen LogP contribution >= 0.6 is 0 Å². The Morgan fingerprint density at radius 2 is 0.925 bits per heavy atom. The Morgan fingerprint density at radius 1 is 0.472 bits per heavy atom. The number of esters is 1. The van der Waals surface area contributed by atoms with Gasteiger partial charge in [0.05, 0.1) is 16.6 Å². The molecule has 0 unspecified atom stereocenters. The molecule has 0 saturated carbocycles. The van der Waals surface area contributed by atoms with Crippen LogP contribution in [0.3, 0.4) is 0 Å². The summed E-state index contributed by atoms with van der Waals surface area (Å²) in [6.07, 6.45) is 3.86. The van der Waals surface area contributed by atoms with E-state index in [9.17, 15) is 15.0 Å². The van der Waals surface area contributed by atoms with Crippen molar-refractivity contribution < 1.29 is 24.5 Å². The van der Waals surface area contributed by atoms with Crippen LogP contribution in [0.1, 0.15) is 27.0 Å². The van der Waals surface area contributed by atoms with Gasteiger partial charge in [0.25, 0.3) is 0 Å². The maximum atomic E-state index is 12.5. The van der Waals surface area contributed by atoms with Gasteiger partial charge in [-0.2, -0.15) is 0 Å². The van der Waals surface area contributed by atoms with Gasteiger partial charge in [-0.15, -0.1) is 0 Å². The lowest BCUT2D eigenvalue weighted by Gasteiger charge is -2.36. The number of pyridine rings is 2. The van der Waals surface area contributed by atoms with Crippen LogP contribution in [0.2, 0.25) is 0 Å². The average molecular weight is 691 g/mol. The maximum absolute atomic E-state index is 12.5. The fourth-order valence-electron chi connectivity index (χ4n) is 7.27. The number of phenolic OH excluding ortho intramolecular Hbond substituents is 2. The third kappa shape index (κ3) is 5.43. The second-order valence-corrected chi connectivity index (χ2v) is 12.8. The number of hydrogen-bond donors (Lipinski definition) is 2. The lowest BCUT2D eigenvalue weighted by atomic mass is 9.77. The van der Waals surface area contributed by atoms with Crippen molar-refractivity contribution in [3.8, 4) is 23.0 Å². The van der Waals surface area contributed by atoms with E-state index in [2.05, 4.69) is 70.6 Å². The first-order chi connectivity index (χ1) is 26.0. The lowest BCUT2D eigenvalue weighted by Crippen LogP contribution is -2.32. The summed E-state index contributed by atoms with van der Waals surface area (Å²) >= 11 is 0. The molecule has 7 heteroatoms. The predicted octanol–water partition coefficient (Wildman–Crippen LogP) is 10.4. The topological polar surface area (TPSA) is 102 Å². The second kappa shape index (κ2) is 12.8. The monoisotopic (exact) mass is 690 g/mol. The summed E-state index contributed by atoms with van der Waals surface area (Å²) in [4.78, 5) is 21.3. The maximum Gasteiger partial charge on any atom is 0.340 e. The molecule has 0 bridgehead atoms. The van der Waals surface area contributed by atoms with Gasteiger partial charge in [0.2, 0.25) is 0 Å². The number of fused-ring (bicyclic) bond motifs is 12. The highest BCUT2D eigenvalue weighted by molar-refractivity contribution is 6.06. The van der Waals surface area contributed by atoms with Crippen LogP contribution in [0, 0.1) is 0 Å². The van der Waals surface area contributed by atoms with Gasteiger partial charge in [-0.05, 0) is 53.2 Å². The minimum atomic E-state index is -1.17. The summed E-state index contributed by atoms with van der Waals surface area (Å²) in [5.41, 5.74) is 3.41. The highest BCUT2D eigenvalue weighted by atomic mass is 16.6. The Balaban J connectivity index is 0.000000113. The number of carbonyl (C=O) groups is 1. The molecular formula is C46H30N2O5. The number of aromatic hydroxyl groups is 2. The molecule has 4 heterocycles. The molecule has 0 saturated heterocycles. The molecule has 254 valence electrons. The Kier molecular flexibility index (Phi) is 7.67. The van der Waals surface area contributed by atoms with Gasteiger partial charge in [0.1, 0.15) is 23.0 Å². The highest BCUT2D eigenvalue weighted by Gasteiger charge is 2.53. The smallest absolute Gasteiger partial charge is 0.340 e. The van der Waals surface area contributed by atoms with Crippen LogP contribution in [0.5, 0.6) is 23.0 Å². The number of benzene rings is 7. The number of para-hydroxylation sites is 2. The quantitative estimate of drug-likeness (QED) is 0.121. The molecule has 1 spiro atoms. The molecule has 7 nitrogen and oxygen atoms in total. The van der Waals surface area contributed by atoms with E-state index in [1.165, 1.54) is 56.6 Å². The van der Waals surface area contributed by atoms with E-state index in [0.717, 1.165) is 11.0 Å². The number of hydrogen-bond acceptors (Lipinski definition) is 7. The molecule has 0 fully saturated rings. The van der Waals surface area contributed by atoms with Gasteiger partial charge < -0.3 is 19.7 Å². The molecular weight excluding hydrogens is 661 g/mol. The van der Waals surface area contributed by atoms with E-state index in [1.807, 2.05) is 60.9 Å². The normalized spacial score (nSPS) is 13.2.